The molecule has 0 spiro atoms. The Morgan fingerprint density at radius 1 is 1.12 bits per heavy atom. The molecule has 4 aromatic rings. The first-order chi connectivity index (χ1) is 15.3. The maximum atomic E-state index is 13.2. The molecule has 4 rings (SSSR count). The van der Waals surface area contributed by atoms with Gasteiger partial charge in [-0.25, -0.2) is 17.8 Å². The molecule has 1 heterocycles. The molecule has 0 radical (unpaired) electrons. The Morgan fingerprint density at radius 2 is 1.91 bits per heavy atom. The summed E-state index contributed by atoms with van der Waals surface area (Å²) in [5.41, 5.74) is 0.416. The Kier molecular flexibility index (Phi) is 6.26. The predicted molar refractivity (Wildman–Crippen MR) is 122 cm³/mol. The zero-order valence-electron chi connectivity index (χ0n) is 16.2. The van der Waals surface area contributed by atoms with E-state index < -0.39 is 21.7 Å². The van der Waals surface area contributed by atoms with Crippen LogP contribution in [0.4, 0.5) is 15.2 Å². The molecule has 11 heteroatoms. The molecule has 1 aromatic heterocycles. The first kappa shape index (κ1) is 22.0. The van der Waals surface area contributed by atoms with E-state index in [1.54, 1.807) is 35.7 Å². The molecule has 0 aliphatic carbocycles. The highest BCUT2D eigenvalue weighted by Crippen LogP contribution is 2.30. The number of anilines is 2. The maximum Gasteiger partial charge on any atom is 0.264 e. The third kappa shape index (κ3) is 4.82. The number of benzene rings is 3. The number of carbonyl (C=O) groups excluding carboxylic acids is 1. The zero-order valence-corrected chi connectivity index (χ0v) is 18.6. The Hall–Kier alpha value is -3.21. The molecule has 0 saturated heterocycles. The van der Waals surface area contributed by atoms with Gasteiger partial charge in [0.15, 0.2) is 11.7 Å². The molecule has 164 valence electrons. The number of nitrogens with one attached hydrogen (secondary N) is 2. The average molecular weight is 492 g/mol. The fourth-order valence-electron chi connectivity index (χ4n) is 2.97. The van der Waals surface area contributed by atoms with Crippen molar-refractivity contribution in [1.82, 2.24) is 4.98 Å². The van der Waals surface area contributed by atoms with Crippen LogP contribution in [-0.2, 0) is 14.8 Å². The van der Waals surface area contributed by atoms with E-state index >= 15 is 0 Å². The number of rotatable bonds is 7. The van der Waals surface area contributed by atoms with Crippen LogP contribution < -0.4 is 14.8 Å². The number of hydrogen-bond acceptors (Lipinski definition) is 6. The van der Waals surface area contributed by atoms with E-state index in [9.17, 15) is 17.6 Å². The summed E-state index contributed by atoms with van der Waals surface area (Å²) in [4.78, 5) is 16.4. The molecule has 3 aromatic carbocycles. The third-order valence-electron chi connectivity index (χ3n) is 4.36. The van der Waals surface area contributed by atoms with Gasteiger partial charge in [-0.2, -0.15) is 0 Å². The van der Waals surface area contributed by atoms with Crippen molar-refractivity contribution in [3.05, 3.63) is 77.0 Å². The van der Waals surface area contributed by atoms with E-state index in [0.29, 0.717) is 16.5 Å². The van der Waals surface area contributed by atoms with Gasteiger partial charge in [-0.05, 0) is 24.3 Å². The minimum atomic E-state index is -3.89. The van der Waals surface area contributed by atoms with Crippen molar-refractivity contribution in [2.45, 2.75) is 4.90 Å². The van der Waals surface area contributed by atoms with Gasteiger partial charge in [-0.15, -0.1) is 11.3 Å². The van der Waals surface area contributed by atoms with Crippen LogP contribution in [0.1, 0.15) is 0 Å². The summed E-state index contributed by atoms with van der Waals surface area (Å²) in [6.07, 6.45) is 1.50. The number of ether oxygens (including phenoxy) is 1. The molecule has 0 saturated carbocycles. The number of nitrogens with zero attached hydrogens (tertiary/aromatic N) is 1. The van der Waals surface area contributed by atoms with E-state index in [2.05, 4.69) is 15.0 Å². The van der Waals surface area contributed by atoms with E-state index in [1.165, 1.54) is 35.7 Å². The van der Waals surface area contributed by atoms with Gasteiger partial charge in [0, 0.05) is 34.1 Å². The molecular formula is C21H15ClFN3O4S2. The van der Waals surface area contributed by atoms with Crippen molar-refractivity contribution >= 4 is 60.5 Å². The summed E-state index contributed by atoms with van der Waals surface area (Å²) < 4.78 is 46.8. The van der Waals surface area contributed by atoms with Crippen LogP contribution in [0.25, 0.3) is 10.8 Å². The van der Waals surface area contributed by atoms with Gasteiger partial charge in [-0.3, -0.25) is 9.52 Å². The van der Waals surface area contributed by atoms with Crippen LogP contribution >= 0.6 is 22.9 Å². The molecule has 0 aliphatic heterocycles. The Balaban J connectivity index is 1.55. The quantitative estimate of drug-likeness (QED) is 0.383. The molecule has 1 amide bonds. The molecular weight excluding hydrogens is 477 g/mol. The van der Waals surface area contributed by atoms with Crippen LogP contribution in [0.5, 0.6) is 5.75 Å². The topological polar surface area (TPSA) is 97.4 Å². The minimum Gasteiger partial charge on any atom is -0.484 e. The first-order valence-corrected chi connectivity index (χ1v) is 11.9. The number of amides is 1. The van der Waals surface area contributed by atoms with Crippen LogP contribution in [0.2, 0.25) is 5.02 Å². The molecule has 0 bridgehead atoms. The fourth-order valence-corrected chi connectivity index (χ4v) is 5.15. The van der Waals surface area contributed by atoms with E-state index in [1.807, 2.05) is 0 Å². The van der Waals surface area contributed by atoms with Gasteiger partial charge in [0.2, 0.25) is 0 Å². The molecule has 0 aliphatic rings. The van der Waals surface area contributed by atoms with Gasteiger partial charge < -0.3 is 10.1 Å². The largest absolute Gasteiger partial charge is 0.484 e. The van der Waals surface area contributed by atoms with Crippen LogP contribution in [0, 0.1) is 5.82 Å². The Bertz CT molecular complexity index is 1400. The third-order valence-corrected chi connectivity index (χ3v) is 6.87. The second-order valence-electron chi connectivity index (χ2n) is 6.51. The van der Waals surface area contributed by atoms with Gasteiger partial charge in [0.1, 0.15) is 11.6 Å². The monoisotopic (exact) mass is 491 g/mol. The van der Waals surface area contributed by atoms with E-state index in [4.69, 9.17) is 16.3 Å². The normalized spacial score (nSPS) is 11.3. The van der Waals surface area contributed by atoms with Gasteiger partial charge in [0.25, 0.3) is 15.9 Å². The summed E-state index contributed by atoms with van der Waals surface area (Å²) in [7, 11) is -3.89. The Labute approximate surface area is 191 Å². The van der Waals surface area contributed by atoms with Crippen molar-refractivity contribution in [3.8, 4) is 5.75 Å². The first-order valence-electron chi connectivity index (χ1n) is 9.15. The second kappa shape index (κ2) is 9.11. The summed E-state index contributed by atoms with van der Waals surface area (Å²) in [6, 6.07) is 13.5. The number of halogens is 2. The van der Waals surface area contributed by atoms with Gasteiger partial charge in [0.05, 0.1) is 9.92 Å². The summed E-state index contributed by atoms with van der Waals surface area (Å²) >= 11 is 6.87. The highest BCUT2D eigenvalue weighted by atomic mass is 35.5. The van der Waals surface area contributed by atoms with Crippen LogP contribution in [-0.4, -0.2) is 25.9 Å². The maximum absolute atomic E-state index is 13.2. The molecule has 0 fully saturated rings. The van der Waals surface area contributed by atoms with Crippen LogP contribution in [0.15, 0.2) is 71.1 Å². The lowest BCUT2D eigenvalue weighted by atomic mass is 10.1. The standard InChI is InChI=1S/C21H15ClFN3O4S2/c22-16-11-13(7-8-17(16)23)30-12-20(27)25-18-5-1-4-15-14(18)3-2-6-19(15)32(28,29)26-21-24-9-10-31-21/h1-11H,12H2,(H,24,26)(H,25,27). The van der Waals surface area contributed by atoms with Crippen LogP contribution in [0.3, 0.4) is 0 Å². The van der Waals surface area contributed by atoms with Crippen molar-refractivity contribution in [2.75, 3.05) is 16.6 Å². The van der Waals surface area contributed by atoms with Crippen molar-refractivity contribution < 1.29 is 22.3 Å². The zero-order chi connectivity index (χ0) is 22.7. The van der Waals surface area contributed by atoms with Crippen molar-refractivity contribution in [3.63, 3.8) is 0 Å². The molecule has 0 atom stereocenters. The summed E-state index contributed by atoms with van der Waals surface area (Å²) in [5, 5.41) is 5.48. The lowest BCUT2D eigenvalue weighted by molar-refractivity contribution is -0.118. The van der Waals surface area contributed by atoms with Gasteiger partial charge >= 0.3 is 0 Å². The molecule has 7 nitrogen and oxygen atoms in total. The number of aromatic nitrogens is 1. The minimum absolute atomic E-state index is 0.0542. The molecule has 2 N–H and O–H groups in total. The van der Waals surface area contributed by atoms with E-state index in [0.717, 1.165) is 6.07 Å². The molecule has 32 heavy (non-hydrogen) atoms. The van der Waals surface area contributed by atoms with E-state index in [-0.39, 0.29) is 27.4 Å². The number of sulfonamides is 1. The lowest BCUT2D eigenvalue weighted by Gasteiger charge is -2.13. The lowest BCUT2D eigenvalue weighted by Crippen LogP contribution is -2.20. The SMILES string of the molecule is O=C(COc1ccc(F)c(Cl)c1)Nc1cccc2c(S(=O)(=O)Nc3nccs3)cccc12. The predicted octanol–water partition coefficient (Wildman–Crippen LogP) is 4.91. The highest BCUT2D eigenvalue weighted by Gasteiger charge is 2.19. The smallest absolute Gasteiger partial charge is 0.264 e. The number of carbonyl (C=O) groups is 1. The number of thiazole rings is 1. The van der Waals surface area contributed by atoms with Crippen molar-refractivity contribution in [1.29, 1.82) is 0 Å². The van der Waals surface area contributed by atoms with Crippen molar-refractivity contribution in [2.24, 2.45) is 0 Å². The number of hydrogen-bond donors (Lipinski definition) is 2. The highest BCUT2D eigenvalue weighted by molar-refractivity contribution is 7.93. The Morgan fingerprint density at radius 3 is 2.66 bits per heavy atom. The summed E-state index contributed by atoms with van der Waals surface area (Å²) in [6.45, 7) is -0.345. The molecule has 0 unspecified atom stereocenters. The second-order valence-corrected chi connectivity index (χ2v) is 9.46. The number of fused-ring (bicyclic) bond motifs is 1. The average Bonchev–Trinajstić information content (AvgIpc) is 3.27. The van der Waals surface area contributed by atoms with Gasteiger partial charge in [-0.1, -0.05) is 35.9 Å². The fraction of sp³-hybridized carbons (Fsp3) is 0.0476. The summed E-state index contributed by atoms with van der Waals surface area (Å²) in [5.74, 6) is -0.826.